The van der Waals surface area contributed by atoms with E-state index in [-0.39, 0.29) is 0 Å². The van der Waals surface area contributed by atoms with Crippen molar-refractivity contribution in [2.45, 2.75) is 45.4 Å². The van der Waals surface area contributed by atoms with Crippen molar-refractivity contribution in [1.82, 2.24) is 5.32 Å². The second-order valence-corrected chi connectivity index (χ2v) is 6.92. The highest BCUT2D eigenvalue weighted by Crippen LogP contribution is 2.49. The van der Waals surface area contributed by atoms with Gasteiger partial charge < -0.3 is 15.2 Å². The van der Waals surface area contributed by atoms with Crippen LogP contribution in [-0.4, -0.2) is 49.1 Å². The van der Waals surface area contributed by atoms with E-state index < -0.39 is 37.6 Å². The average molecular weight is 327 g/mol. The molecular formula is C11H22NO8P. The first-order chi connectivity index (χ1) is 9.44. The minimum absolute atomic E-state index is 0.786. The summed E-state index contributed by atoms with van der Waals surface area (Å²) in [6, 6.07) is -1.49. The molecule has 2 unspecified atom stereocenters. The summed E-state index contributed by atoms with van der Waals surface area (Å²) in [5.74, 6) is -1.38. The Hall–Kier alpha value is -1.15. The fraction of sp³-hybridized carbons (Fsp3) is 0.818. The number of amides is 1. The summed E-state index contributed by atoms with van der Waals surface area (Å²) < 4.78 is 30.8. The Morgan fingerprint density at radius 1 is 1.19 bits per heavy atom. The highest BCUT2D eigenvalue weighted by atomic mass is 31.2. The summed E-state index contributed by atoms with van der Waals surface area (Å²) in [5.41, 5.74) is -0.786. The van der Waals surface area contributed by atoms with Crippen molar-refractivity contribution in [3.8, 4) is 0 Å². The number of carbonyl (C=O) groups excluding carboxylic acids is 1. The fourth-order valence-electron chi connectivity index (χ4n) is 1.24. The van der Waals surface area contributed by atoms with Gasteiger partial charge in [0, 0.05) is 14.2 Å². The van der Waals surface area contributed by atoms with Crippen LogP contribution in [-0.2, 0) is 27.7 Å². The summed E-state index contributed by atoms with van der Waals surface area (Å²) in [5, 5.41) is 11.2. The van der Waals surface area contributed by atoms with Crippen molar-refractivity contribution < 1.29 is 37.6 Å². The number of aliphatic carboxylic acids is 1. The van der Waals surface area contributed by atoms with E-state index in [0.29, 0.717) is 0 Å². The van der Waals surface area contributed by atoms with Crippen LogP contribution in [0.15, 0.2) is 0 Å². The van der Waals surface area contributed by atoms with Crippen molar-refractivity contribution in [2.24, 2.45) is 0 Å². The van der Waals surface area contributed by atoms with Gasteiger partial charge in [0.15, 0.2) is 6.04 Å². The van der Waals surface area contributed by atoms with E-state index in [9.17, 15) is 14.2 Å². The molecule has 21 heavy (non-hydrogen) atoms. The van der Waals surface area contributed by atoms with Gasteiger partial charge >= 0.3 is 19.9 Å². The molecule has 0 aliphatic rings. The van der Waals surface area contributed by atoms with E-state index in [1.54, 1.807) is 20.8 Å². The lowest BCUT2D eigenvalue weighted by Gasteiger charge is -2.26. The lowest BCUT2D eigenvalue weighted by Crippen LogP contribution is -2.49. The number of nitrogens with one attached hydrogen (secondary N) is 1. The number of carboxylic acids is 1. The quantitative estimate of drug-likeness (QED) is 0.679. The number of hydrogen-bond donors (Lipinski definition) is 2. The highest BCUT2D eigenvalue weighted by molar-refractivity contribution is 7.48. The zero-order chi connectivity index (χ0) is 16.8. The smallest absolute Gasteiger partial charge is 0.474 e. The third-order valence-corrected chi connectivity index (χ3v) is 3.64. The van der Waals surface area contributed by atoms with Crippen LogP contribution in [0, 0.1) is 0 Å². The Morgan fingerprint density at radius 3 is 2.00 bits per heavy atom. The van der Waals surface area contributed by atoms with Crippen molar-refractivity contribution in [3.05, 3.63) is 0 Å². The predicted molar refractivity (Wildman–Crippen MR) is 73.0 cm³/mol. The lowest BCUT2D eigenvalue weighted by atomic mass is 10.2. The lowest BCUT2D eigenvalue weighted by molar-refractivity contribution is -0.142. The monoisotopic (exact) mass is 327 g/mol. The Labute approximate surface area is 123 Å². The van der Waals surface area contributed by atoms with Crippen LogP contribution in [0.2, 0.25) is 0 Å². The number of carboxylic acid groups (broad SMARTS) is 1. The minimum Gasteiger partial charge on any atom is -0.480 e. The van der Waals surface area contributed by atoms with Gasteiger partial charge in [0.05, 0.1) is 6.10 Å². The van der Waals surface area contributed by atoms with E-state index >= 15 is 0 Å². The maximum Gasteiger partial charge on any atom is 0.474 e. The molecule has 10 heteroatoms. The molecule has 0 saturated carbocycles. The number of rotatable bonds is 7. The largest absolute Gasteiger partial charge is 0.480 e. The van der Waals surface area contributed by atoms with Crippen molar-refractivity contribution in [3.63, 3.8) is 0 Å². The summed E-state index contributed by atoms with van der Waals surface area (Å²) in [4.78, 5) is 22.8. The molecule has 0 aliphatic heterocycles. The molecule has 0 aromatic carbocycles. The van der Waals surface area contributed by atoms with Crippen molar-refractivity contribution >= 4 is 19.9 Å². The zero-order valence-corrected chi connectivity index (χ0v) is 13.8. The van der Waals surface area contributed by atoms with Gasteiger partial charge in [0.2, 0.25) is 0 Å². The van der Waals surface area contributed by atoms with Gasteiger partial charge in [-0.05, 0) is 27.7 Å². The van der Waals surface area contributed by atoms with Gasteiger partial charge in [0.1, 0.15) is 5.60 Å². The van der Waals surface area contributed by atoms with E-state index in [0.717, 1.165) is 14.2 Å². The third kappa shape index (κ3) is 7.42. The molecule has 2 N–H and O–H groups in total. The minimum atomic E-state index is -3.87. The molecule has 0 aromatic rings. The zero-order valence-electron chi connectivity index (χ0n) is 12.9. The first kappa shape index (κ1) is 19.9. The van der Waals surface area contributed by atoms with Gasteiger partial charge in [-0.15, -0.1) is 0 Å². The number of alkyl carbamates (subject to hydrolysis) is 1. The molecule has 0 fully saturated rings. The predicted octanol–water partition coefficient (Wildman–Crippen LogP) is 1.77. The number of ether oxygens (including phenoxy) is 1. The van der Waals surface area contributed by atoms with Crippen LogP contribution in [0.3, 0.4) is 0 Å². The molecule has 1 amide bonds. The van der Waals surface area contributed by atoms with Crippen molar-refractivity contribution in [1.29, 1.82) is 0 Å². The molecule has 2 atom stereocenters. The molecule has 0 bridgehead atoms. The average Bonchev–Trinajstić information content (AvgIpc) is 2.33. The molecule has 0 aliphatic carbocycles. The molecule has 9 nitrogen and oxygen atoms in total. The number of carbonyl (C=O) groups is 2. The number of phosphoric ester groups is 1. The summed E-state index contributed by atoms with van der Waals surface area (Å²) in [7, 11) is -1.69. The van der Waals surface area contributed by atoms with E-state index in [1.807, 2.05) is 0 Å². The fourth-order valence-corrected chi connectivity index (χ4v) is 2.09. The van der Waals surface area contributed by atoms with Crippen LogP contribution < -0.4 is 5.32 Å². The molecule has 0 rings (SSSR count). The van der Waals surface area contributed by atoms with Gasteiger partial charge in [-0.25, -0.2) is 14.2 Å². The maximum absolute atomic E-state index is 11.8. The molecular weight excluding hydrogens is 305 g/mol. The standard InChI is InChI=1S/C11H22NO8P/c1-7(20-21(16,17-5)18-6)8(9(13)14)12-10(15)19-11(2,3)4/h7-8H,1-6H3,(H,12,15)(H,13,14). The first-order valence-corrected chi connectivity index (χ1v) is 7.52. The number of phosphoric acid groups is 1. The number of hydrogen-bond acceptors (Lipinski definition) is 7. The molecule has 0 saturated heterocycles. The van der Waals surface area contributed by atoms with Gasteiger partial charge in [-0.1, -0.05) is 0 Å². The highest BCUT2D eigenvalue weighted by Gasteiger charge is 2.35. The maximum atomic E-state index is 11.8. The van der Waals surface area contributed by atoms with Crippen LogP contribution >= 0.6 is 7.82 Å². The Kier molecular flexibility index (Phi) is 7.32. The Bertz CT molecular complexity index is 411. The topological polar surface area (TPSA) is 120 Å². The van der Waals surface area contributed by atoms with E-state index in [2.05, 4.69) is 14.4 Å². The summed E-state index contributed by atoms with van der Waals surface area (Å²) >= 11 is 0. The SMILES string of the molecule is COP(=O)(OC)OC(C)C(NC(=O)OC(C)(C)C)C(=O)O. The van der Waals surface area contributed by atoms with Gasteiger partial charge in [-0.2, -0.15) is 0 Å². The van der Waals surface area contributed by atoms with Crippen LogP contribution in [0.5, 0.6) is 0 Å². The second kappa shape index (κ2) is 7.74. The van der Waals surface area contributed by atoms with Gasteiger partial charge in [-0.3, -0.25) is 13.6 Å². The van der Waals surface area contributed by atoms with Crippen molar-refractivity contribution in [2.75, 3.05) is 14.2 Å². The summed E-state index contributed by atoms with van der Waals surface area (Å²) in [6.07, 6.45) is -2.12. The molecule has 0 heterocycles. The molecule has 0 aromatic heterocycles. The third-order valence-electron chi connectivity index (χ3n) is 2.15. The summed E-state index contributed by atoms with van der Waals surface area (Å²) in [6.45, 7) is 6.20. The van der Waals surface area contributed by atoms with Crippen LogP contribution in [0.4, 0.5) is 4.79 Å². The molecule has 124 valence electrons. The first-order valence-electron chi connectivity index (χ1n) is 6.06. The normalized spacial score (nSPS) is 15.1. The molecule has 0 spiro atoms. The second-order valence-electron chi connectivity index (χ2n) is 5.09. The molecule has 0 radical (unpaired) electrons. The van der Waals surface area contributed by atoms with Gasteiger partial charge in [0.25, 0.3) is 0 Å². The van der Waals surface area contributed by atoms with E-state index in [4.69, 9.17) is 14.4 Å². The van der Waals surface area contributed by atoms with Crippen LogP contribution in [0.1, 0.15) is 27.7 Å². The van der Waals surface area contributed by atoms with E-state index in [1.165, 1.54) is 6.92 Å². The Morgan fingerprint density at radius 2 is 1.67 bits per heavy atom. The van der Waals surface area contributed by atoms with Crippen LogP contribution in [0.25, 0.3) is 0 Å². The Balaban J connectivity index is 4.87.